The topological polar surface area (TPSA) is 244 Å². The SMILES string of the molecule is CC(NC(=O)C1CCCN1)C(=O)NC(CCCCN)C(=O)NCCCCC(NC(=O)C1Cc2cc(O)c(O)cc2C(C)(C)N1)C(=O)O. The quantitative estimate of drug-likeness (QED) is 0.0759. The van der Waals surface area contributed by atoms with E-state index in [-0.39, 0.29) is 48.7 Å². The Morgan fingerprint density at radius 1 is 0.915 bits per heavy atom. The van der Waals surface area contributed by atoms with Crippen molar-refractivity contribution in [3.05, 3.63) is 23.3 Å². The standard InChI is InChI=1S/C32H51N7O8/c1-18(36-29(44)21-11-8-14-34-21)27(42)37-22(9-4-6-12-33)28(43)35-13-7-5-10-23(31(46)47)38-30(45)24-15-19-16-25(40)26(41)17-20(19)32(2,3)39-24/h16-18,21-24,34,39-41H,4-15,33H2,1-3H3,(H,35,43)(H,36,44)(H,37,42)(H,38,45)(H,46,47). The van der Waals surface area contributed by atoms with Crippen LogP contribution in [0.1, 0.15) is 83.3 Å². The lowest BCUT2D eigenvalue weighted by Crippen LogP contribution is -2.57. The Morgan fingerprint density at radius 2 is 1.57 bits per heavy atom. The summed E-state index contributed by atoms with van der Waals surface area (Å²) in [5.74, 6) is -3.36. The molecule has 0 spiro atoms. The Kier molecular flexibility index (Phi) is 13.8. The Bertz CT molecular complexity index is 1280. The van der Waals surface area contributed by atoms with Gasteiger partial charge in [-0.2, -0.15) is 0 Å². The van der Waals surface area contributed by atoms with Gasteiger partial charge in [0.15, 0.2) is 11.5 Å². The first-order valence-electron chi connectivity index (χ1n) is 16.4. The van der Waals surface area contributed by atoms with Crippen molar-refractivity contribution in [2.24, 2.45) is 5.73 Å². The van der Waals surface area contributed by atoms with E-state index in [0.29, 0.717) is 50.6 Å². The Morgan fingerprint density at radius 3 is 2.23 bits per heavy atom. The minimum absolute atomic E-state index is 0.127. The number of nitrogens with two attached hydrogens (primary N) is 1. The Labute approximate surface area is 275 Å². The van der Waals surface area contributed by atoms with Crippen LogP contribution in [0, 0.1) is 0 Å². The summed E-state index contributed by atoms with van der Waals surface area (Å²) in [5.41, 5.74) is 6.27. The molecule has 2 aliphatic rings. The van der Waals surface area contributed by atoms with Gasteiger partial charge in [-0.05, 0) is 115 Å². The highest BCUT2D eigenvalue weighted by molar-refractivity contribution is 5.93. The van der Waals surface area contributed by atoms with Gasteiger partial charge in [0, 0.05) is 12.1 Å². The number of aliphatic carboxylic acids is 1. The molecule has 1 fully saturated rings. The van der Waals surface area contributed by atoms with Crippen LogP contribution in [-0.2, 0) is 35.9 Å². The number of carbonyl (C=O) groups is 5. The lowest BCUT2D eigenvalue weighted by atomic mass is 9.81. The highest BCUT2D eigenvalue weighted by atomic mass is 16.4. The van der Waals surface area contributed by atoms with Gasteiger partial charge >= 0.3 is 5.97 Å². The van der Waals surface area contributed by atoms with E-state index in [9.17, 15) is 39.3 Å². The number of carboxylic acids is 1. The zero-order valence-corrected chi connectivity index (χ0v) is 27.5. The predicted octanol–water partition coefficient (Wildman–Crippen LogP) is -0.426. The highest BCUT2D eigenvalue weighted by Crippen LogP contribution is 2.37. The molecule has 5 unspecified atom stereocenters. The molecule has 1 saturated heterocycles. The third kappa shape index (κ3) is 10.8. The number of benzene rings is 1. The fourth-order valence-electron chi connectivity index (χ4n) is 6.00. The smallest absolute Gasteiger partial charge is 0.326 e. The average Bonchev–Trinajstić information content (AvgIpc) is 3.55. The van der Waals surface area contributed by atoms with Crippen molar-refractivity contribution < 1.29 is 39.3 Å². The van der Waals surface area contributed by atoms with Crippen LogP contribution < -0.4 is 37.6 Å². The van der Waals surface area contributed by atoms with Crippen LogP contribution in [-0.4, -0.2) is 94.8 Å². The number of phenolic OH excluding ortho intramolecular Hbond substituents is 2. The Hall–Kier alpha value is -3.95. The van der Waals surface area contributed by atoms with Crippen molar-refractivity contribution in [1.29, 1.82) is 0 Å². The molecular formula is C32H51N7O8. The molecule has 0 saturated carbocycles. The number of aromatic hydroxyl groups is 2. The highest BCUT2D eigenvalue weighted by Gasteiger charge is 2.37. The van der Waals surface area contributed by atoms with E-state index in [1.807, 2.05) is 13.8 Å². The molecule has 2 heterocycles. The fraction of sp³-hybridized carbons (Fsp3) is 0.656. The molecule has 0 radical (unpaired) electrons. The van der Waals surface area contributed by atoms with Gasteiger partial charge in [-0.15, -0.1) is 0 Å². The molecular weight excluding hydrogens is 610 g/mol. The lowest BCUT2D eigenvalue weighted by Gasteiger charge is -2.39. The molecule has 4 amide bonds. The van der Waals surface area contributed by atoms with Crippen molar-refractivity contribution >= 4 is 29.6 Å². The van der Waals surface area contributed by atoms with E-state index in [1.54, 1.807) is 6.92 Å². The third-order valence-corrected chi connectivity index (χ3v) is 8.69. The second kappa shape index (κ2) is 17.3. The number of hydrogen-bond donors (Lipinski definition) is 10. The molecule has 15 heteroatoms. The van der Waals surface area contributed by atoms with E-state index in [0.717, 1.165) is 18.5 Å². The van der Waals surface area contributed by atoms with Crippen molar-refractivity contribution in [2.45, 2.75) is 114 Å². The van der Waals surface area contributed by atoms with Crippen LogP contribution in [0.25, 0.3) is 0 Å². The van der Waals surface area contributed by atoms with Gasteiger partial charge in [-0.1, -0.05) is 0 Å². The normalized spacial score (nSPS) is 20.3. The monoisotopic (exact) mass is 661 g/mol. The van der Waals surface area contributed by atoms with Gasteiger partial charge in [-0.25, -0.2) is 4.79 Å². The second-order valence-corrected chi connectivity index (χ2v) is 12.9. The maximum atomic E-state index is 13.1. The van der Waals surface area contributed by atoms with Gasteiger partial charge in [0.2, 0.25) is 23.6 Å². The first-order valence-corrected chi connectivity index (χ1v) is 16.4. The average molecular weight is 662 g/mol. The van der Waals surface area contributed by atoms with E-state index >= 15 is 0 Å². The molecule has 5 atom stereocenters. The van der Waals surface area contributed by atoms with Gasteiger partial charge in [0.1, 0.15) is 18.1 Å². The van der Waals surface area contributed by atoms with Crippen molar-refractivity contribution in [1.82, 2.24) is 31.9 Å². The predicted molar refractivity (Wildman–Crippen MR) is 173 cm³/mol. The van der Waals surface area contributed by atoms with Crippen LogP contribution >= 0.6 is 0 Å². The molecule has 3 rings (SSSR count). The summed E-state index contributed by atoms with van der Waals surface area (Å²) < 4.78 is 0. The van der Waals surface area contributed by atoms with Crippen LogP contribution in [0.3, 0.4) is 0 Å². The molecule has 11 N–H and O–H groups in total. The molecule has 47 heavy (non-hydrogen) atoms. The fourth-order valence-corrected chi connectivity index (χ4v) is 6.00. The van der Waals surface area contributed by atoms with Crippen LogP contribution in [0.4, 0.5) is 0 Å². The number of amides is 4. The Balaban J connectivity index is 1.47. The first kappa shape index (κ1) is 37.5. The van der Waals surface area contributed by atoms with Gasteiger partial charge in [0.05, 0.1) is 12.1 Å². The molecule has 0 aliphatic carbocycles. The van der Waals surface area contributed by atoms with Crippen LogP contribution in [0.2, 0.25) is 0 Å². The molecule has 2 aliphatic heterocycles. The van der Waals surface area contributed by atoms with E-state index in [1.165, 1.54) is 12.1 Å². The maximum absolute atomic E-state index is 13.1. The molecule has 0 bridgehead atoms. The van der Waals surface area contributed by atoms with Gasteiger partial charge in [-0.3, -0.25) is 24.5 Å². The summed E-state index contributed by atoms with van der Waals surface area (Å²) in [6.07, 6.45) is 4.39. The van der Waals surface area contributed by atoms with E-state index in [2.05, 4.69) is 31.9 Å². The van der Waals surface area contributed by atoms with Gasteiger partial charge in [0.25, 0.3) is 0 Å². The second-order valence-electron chi connectivity index (χ2n) is 12.9. The van der Waals surface area contributed by atoms with Crippen molar-refractivity contribution in [3.63, 3.8) is 0 Å². The van der Waals surface area contributed by atoms with Gasteiger partial charge < -0.3 is 47.6 Å². The summed E-state index contributed by atoms with van der Waals surface area (Å²) in [6, 6.07) is -1.03. The summed E-state index contributed by atoms with van der Waals surface area (Å²) >= 11 is 0. The summed E-state index contributed by atoms with van der Waals surface area (Å²) in [4.78, 5) is 63.3. The summed E-state index contributed by atoms with van der Waals surface area (Å²) in [6.45, 7) is 6.64. The third-order valence-electron chi connectivity index (χ3n) is 8.69. The van der Waals surface area contributed by atoms with E-state index < -0.39 is 47.5 Å². The van der Waals surface area contributed by atoms with Crippen molar-refractivity contribution in [2.75, 3.05) is 19.6 Å². The largest absolute Gasteiger partial charge is 0.504 e. The zero-order valence-electron chi connectivity index (χ0n) is 27.5. The number of nitrogens with one attached hydrogen (secondary N) is 6. The zero-order chi connectivity index (χ0) is 34.7. The number of hydrogen-bond acceptors (Lipinski definition) is 10. The van der Waals surface area contributed by atoms with Crippen LogP contribution in [0.5, 0.6) is 11.5 Å². The van der Waals surface area contributed by atoms with Crippen molar-refractivity contribution in [3.8, 4) is 11.5 Å². The molecule has 1 aromatic rings. The number of carbonyl (C=O) groups excluding carboxylic acids is 4. The molecule has 1 aromatic carbocycles. The summed E-state index contributed by atoms with van der Waals surface area (Å²) in [7, 11) is 0. The van der Waals surface area contributed by atoms with Crippen LogP contribution in [0.15, 0.2) is 12.1 Å². The number of rotatable bonds is 17. The number of unbranched alkanes of at least 4 members (excludes halogenated alkanes) is 2. The molecule has 0 aromatic heterocycles. The molecule has 15 nitrogen and oxygen atoms in total. The number of carboxylic acid groups (broad SMARTS) is 1. The summed E-state index contributed by atoms with van der Waals surface area (Å²) in [5, 5.41) is 46.7. The number of phenols is 2. The lowest BCUT2D eigenvalue weighted by molar-refractivity contribution is -0.142. The molecule has 262 valence electrons. The number of fused-ring (bicyclic) bond motifs is 1. The minimum Gasteiger partial charge on any atom is -0.504 e. The van der Waals surface area contributed by atoms with E-state index in [4.69, 9.17) is 5.73 Å². The minimum atomic E-state index is -1.19. The first-order chi connectivity index (χ1) is 22.2. The maximum Gasteiger partial charge on any atom is 0.326 e.